The minimum Gasteiger partial charge on any atom is -0.383 e. The summed E-state index contributed by atoms with van der Waals surface area (Å²) in [5.74, 6) is -0.718. The van der Waals surface area contributed by atoms with Crippen molar-refractivity contribution in [3.05, 3.63) is 35.9 Å². The van der Waals surface area contributed by atoms with Gasteiger partial charge in [0.05, 0.1) is 0 Å². The number of primary amides is 1. The van der Waals surface area contributed by atoms with Crippen LogP contribution in [0.4, 0.5) is 0 Å². The van der Waals surface area contributed by atoms with Gasteiger partial charge in [-0.1, -0.05) is 30.3 Å². The van der Waals surface area contributed by atoms with Gasteiger partial charge in [-0.3, -0.25) is 9.59 Å². The van der Waals surface area contributed by atoms with E-state index in [1.807, 2.05) is 30.3 Å². The van der Waals surface area contributed by atoms with Gasteiger partial charge < -0.3 is 15.7 Å². The first-order valence-corrected chi connectivity index (χ1v) is 6.88. The molecule has 20 heavy (non-hydrogen) atoms. The number of piperidine rings is 1. The topological polar surface area (TPSA) is 83.6 Å². The molecular weight excluding hydrogens is 256 g/mol. The number of rotatable bonds is 4. The summed E-state index contributed by atoms with van der Waals surface area (Å²) in [5, 5.41) is 10.0. The van der Waals surface area contributed by atoms with Crippen molar-refractivity contribution in [2.24, 2.45) is 11.7 Å². The van der Waals surface area contributed by atoms with Gasteiger partial charge in [0.1, 0.15) is 6.10 Å². The van der Waals surface area contributed by atoms with E-state index in [0.29, 0.717) is 32.4 Å². The standard InChI is InChI=1S/C15H20N2O3/c16-14(19)12-6-8-17(9-7-12)15(20)13(18)10-11-4-2-1-3-5-11/h1-5,12-13,18H,6-10H2,(H2,16,19). The van der Waals surface area contributed by atoms with Crippen LogP contribution in [0, 0.1) is 5.92 Å². The average molecular weight is 276 g/mol. The average Bonchev–Trinajstić information content (AvgIpc) is 2.47. The van der Waals surface area contributed by atoms with Crippen LogP contribution in [0.1, 0.15) is 18.4 Å². The van der Waals surface area contributed by atoms with E-state index in [9.17, 15) is 14.7 Å². The van der Waals surface area contributed by atoms with E-state index >= 15 is 0 Å². The number of amides is 2. The summed E-state index contributed by atoms with van der Waals surface area (Å²) < 4.78 is 0. The molecule has 1 atom stereocenters. The molecule has 0 aliphatic carbocycles. The zero-order chi connectivity index (χ0) is 14.5. The lowest BCUT2D eigenvalue weighted by atomic mass is 9.95. The van der Waals surface area contributed by atoms with Crippen molar-refractivity contribution in [3.8, 4) is 0 Å². The van der Waals surface area contributed by atoms with Gasteiger partial charge in [-0.25, -0.2) is 0 Å². The third-order valence-electron chi connectivity index (χ3n) is 3.77. The Labute approximate surface area is 118 Å². The maximum Gasteiger partial charge on any atom is 0.251 e. The van der Waals surface area contributed by atoms with Crippen LogP contribution in [0.15, 0.2) is 30.3 Å². The number of hydrogen-bond donors (Lipinski definition) is 2. The molecule has 1 saturated heterocycles. The number of carbonyl (C=O) groups is 2. The number of hydrogen-bond acceptors (Lipinski definition) is 3. The summed E-state index contributed by atoms with van der Waals surface area (Å²) >= 11 is 0. The van der Waals surface area contributed by atoms with Crippen molar-refractivity contribution in [3.63, 3.8) is 0 Å². The van der Waals surface area contributed by atoms with E-state index in [2.05, 4.69) is 0 Å². The van der Waals surface area contributed by atoms with Gasteiger partial charge in [-0.2, -0.15) is 0 Å². The fourth-order valence-corrected chi connectivity index (χ4v) is 2.52. The highest BCUT2D eigenvalue weighted by atomic mass is 16.3. The highest BCUT2D eigenvalue weighted by molar-refractivity contribution is 5.82. The summed E-state index contributed by atoms with van der Waals surface area (Å²) in [6.07, 6.45) is 0.454. The zero-order valence-corrected chi connectivity index (χ0v) is 11.4. The van der Waals surface area contributed by atoms with Gasteiger partial charge in [0.15, 0.2) is 0 Å². The van der Waals surface area contributed by atoms with Crippen LogP contribution in [0.2, 0.25) is 0 Å². The van der Waals surface area contributed by atoms with Gasteiger partial charge in [-0.15, -0.1) is 0 Å². The number of benzene rings is 1. The Balaban J connectivity index is 1.87. The van der Waals surface area contributed by atoms with Crippen LogP contribution >= 0.6 is 0 Å². The van der Waals surface area contributed by atoms with Gasteiger partial charge >= 0.3 is 0 Å². The van der Waals surface area contributed by atoms with Crippen molar-refractivity contribution in [1.29, 1.82) is 0 Å². The van der Waals surface area contributed by atoms with E-state index < -0.39 is 6.10 Å². The van der Waals surface area contributed by atoms with Crippen LogP contribution in [-0.2, 0) is 16.0 Å². The minimum atomic E-state index is -1.03. The van der Waals surface area contributed by atoms with E-state index in [1.165, 1.54) is 0 Å². The normalized spacial score (nSPS) is 17.8. The molecule has 2 amide bonds. The molecule has 1 unspecified atom stereocenters. The molecule has 1 aromatic carbocycles. The van der Waals surface area contributed by atoms with E-state index in [1.54, 1.807) is 4.90 Å². The maximum absolute atomic E-state index is 12.1. The molecule has 0 saturated carbocycles. The quantitative estimate of drug-likeness (QED) is 0.830. The fourth-order valence-electron chi connectivity index (χ4n) is 2.52. The number of carbonyl (C=O) groups excluding carboxylic acids is 2. The van der Waals surface area contributed by atoms with Crippen LogP contribution in [0.5, 0.6) is 0 Å². The first-order valence-electron chi connectivity index (χ1n) is 6.88. The molecule has 5 nitrogen and oxygen atoms in total. The molecular formula is C15H20N2O3. The van der Waals surface area contributed by atoms with Crippen molar-refractivity contribution in [2.45, 2.75) is 25.4 Å². The van der Waals surface area contributed by atoms with Gasteiger partial charge in [0, 0.05) is 25.4 Å². The molecule has 0 aromatic heterocycles. The SMILES string of the molecule is NC(=O)C1CCN(C(=O)C(O)Cc2ccccc2)CC1. The first-order chi connectivity index (χ1) is 9.58. The molecule has 1 fully saturated rings. The number of nitrogens with two attached hydrogens (primary N) is 1. The Kier molecular flexibility index (Phi) is 4.74. The lowest BCUT2D eigenvalue weighted by Gasteiger charge is -2.32. The molecule has 0 bridgehead atoms. The number of likely N-dealkylation sites (tertiary alicyclic amines) is 1. The smallest absolute Gasteiger partial charge is 0.251 e. The Morgan fingerprint density at radius 3 is 2.40 bits per heavy atom. The molecule has 0 spiro atoms. The summed E-state index contributed by atoms with van der Waals surface area (Å²) in [4.78, 5) is 24.8. The second-order valence-corrected chi connectivity index (χ2v) is 5.21. The Morgan fingerprint density at radius 2 is 1.85 bits per heavy atom. The van der Waals surface area contributed by atoms with Crippen LogP contribution in [0.25, 0.3) is 0 Å². The van der Waals surface area contributed by atoms with Gasteiger partial charge in [-0.05, 0) is 18.4 Å². The molecule has 1 aliphatic rings. The molecule has 0 radical (unpaired) electrons. The van der Waals surface area contributed by atoms with Crippen molar-refractivity contribution in [1.82, 2.24) is 4.90 Å². The Bertz CT molecular complexity index is 467. The maximum atomic E-state index is 12.1. The number of aliphatic hydroxyl groups excluding tert-OH is 1. The largest absolute Gasteiger partial charge is 0.383 e. The third-order valence-corrected chi connectivity index (χ3v) is 3.77. The van der Waals surface area contributed by atoms with Crippen molar-refractivity contribution >= 4 is 11.8 Å². The molecule has 1 heterocycles. The predicted octanol–water partition coefficient (Wildman–Crippen LogP) is 0.314. The minimum absolute atomic E-state index is 0.148. The van der Waals surface area contributed by atoms with E-state index in [-0.39, 0.29) is 17.7 Å². The second-order valence-electron chi connectivity index (χ2n) is 5.21. The highest BCUT2D eigenvalue weighted by Crippen LogP contribution is 2.18. The van der Waals surface area contributed by atoms with Gasteiger partial charge in [0.2, 0.25) is 5.91 Å². The monoisotopic (exact) mass is 276 g/mol. The van der Waals surface area contributed by atoms with Gasteiger partial charge in [0.25, 0.3) is 5.91 Å². The summed E-state index contributed by atoms with van der Waals surface area (Å²) in [6.45, 7) is 0.969. The molecule has 1 aliphatic heterocycles. The number of aliphatic hydroxyl groups is 1. The first kappa shape index (κ1) is 14.5. The van der Waals surface area contributed by atoms with Crippen LogP contribution in [-0.4, -0.2) is 41.0 Å². The molecule has 5 heteroatoms. The molecule has 108 valence electrons. The number of nitrogens with zero attached hydrogens (tertiary/aromatic N) is 1. The summed E-state index contributed by atoms with van der Waals surface area (Å²) in [5.41, 5.74) is 6.19. The molecule has 3 N–H and O–H groups in total. The lowest BCUT2D eigenvalue weighted by Crippen LogP contribution is -2.46. The van der Waals surface area contributed by atoms with E-state index in [0.717, 1.165) is 5.56 Å². The van der Waals surface area contributed by atoms with Crippen LogP contribution < -0.4 is 5.73 Å². The highest BCUT2D eigenvalue weighted by Gasteiger charge is 2.29. The van der Waals surface area contributed by atoms with Crippen LogP contribution in [0.3, 0.4) is 0 Å². The fraction of sp³-hybridized carbons (Fsp3) is 0.467. The zero-order valence-electron chi connectivity index (χ0n) is 11.4. The predicted molar refractivity (Wildman–Crippen MR) is 74.7 cm³/mol. The Hall–Kier alpha value is -1.88. The van der Waals surface area contributed by atoms with Crippen molar-refractivity contribution in [2.75, 3.05) is 13.1 Å². The summed E-state index contributed by atoms with van der Waals surface area (Å²) in [6, 6.07) is 9.42. The lowest BCUT2D eigenvalue weighted by molar-refractivity contribution is -0.142. The second kappa shape index (κ2) is 6.52. The summed E-state index contributed by atoms with van der Waals surface area (Å²) in [7, 11) is 0. The van der Waals surface area contributed by atoms with Crippen molar-refractivity contribution < 1.29 is 14.7 Å². The third kappa shape index (κ3) is 3.57. The van der Waals surface area contributed by atoms with E-state index in [4.69, 9.17) is 5.73 Å². The Morgan fingerprint density at radius 1 is 1.25 bits per heavy atom. The molecule has 2 rings (SSSR count). The molecule has 1 aromatic rings.